The molecule has 10 heavy (non-hydrogen) atoms. The van der Waals surface area contributed by atoms with Crippen LogP contribution in [0, 0.1) is 0 Å². The van der Waals surface area contributed by atoms with Crippen LogP contribution in [0.3, 0.4) is 0 Å². The van der Waals surface area contributed by atoms with Crippen molar-refractivity contribution in [2.75, 3.05) is 6.54 Å². The molecule has 0 aromatic carbocycles. The van der Waals surface area contributed by atoms with Crippen LogP contribution in [-0.2, 0) is 0 Å². The Morgan fingerprint density at radius 2 is 2.40 bits per heavy atom. The van der Waals surface area contributed by atoms with E-state index >= 15 is 0 Å². The van der Waals surface area contributed by atoms with Crippen LogP contribution >= 0.6 is 11.3 Å². The van der Waals surface area contributed by atoms with Gasteiger partial charge in [0.1, 0.15) is 0 Å². The smallest absolute Gasteiger partial charge is 0.0791 e. The minimum Gasteiger partial charge on any atom is -0.330 e. The van der Waals surface area contributed by atoms with Gasteiger partial charge in [-0.15, -0.1) is 11.3 Å². The van der Waals surface area contributed by atoms with Crippen molar-refractivity contribution in [3.63, 3.8) is 0 Å². The molecule has 2 N–H and O–H groups in total. The average Bonchev–Trinajstić information content (AvgIpc) is 2.44. The number of nitrogens with two attached hydrogens (primary N) is 1. The Labute approximate surface area is 66.1 Å². The summed E-state index contributed by atoms with van der Waals surface area (Å²) in [6.07, 6.45) is 4.15. The van der Waals surface area contributed by atoms with Crippen molar-refractivity contribution >= 4 is 11.3 Å². The highest BCUT2D eigenvalue weighted by atomic mass is 32.1. The van der Waals surface area contributed by atoms with E-state index in [-0.39, 0.29) is 0 Å². The largest absolute Gasteiger partial charge is 0.330 e. The summed E-state index contributed by atoms with van der Waals surface area (Å²) in [6.45, 7) is 2.98. The monoisotopic (exact) mass is 158 g/mol. The highest BCUT2D eigenvalue weighted by Crippen LogP contribution is 1.85. The summed E-state index contributed by atoms with van der Waals surface area (Å²) in [7, 11) is 0. The Bertz CT molecular complexity index is 97.9. The first-order valence-electron chi connectivity index (χ1n) is 3.44. The molecular weight excluding hydrogens is 144 g/mol. The molecule has 0 saturated heterocycles. The summed E-state index contributed by atoms with van der Waals surface area (Å²) in [5, 5.41) is 1.93. The molecule has 58 valence electrons. The van der Waals surface area contributed by atoms with Gasteiger partial charge in [0.15, 0.2) is 0 Å². The summed E-state index contributed by atoms with van der Waals surface area (Å²) >= 11 is 1.60. The summed E-state index contributed by atoms with van der Waals surface area (Å²) < 4.78 is 0. The van der Waals surface area contributed by atoms with Gasteiger partial charge in [-0.3, -0.25) is 4.98 Å². The predicted octanol–water partition coefficient (Wildman–Crippen LogP) is 1.89. The normalized spacial score (nSPS) is 8.20. The lowest BCUT2D eigenvalue weighted by Gasteiger charge is -1.80. The maximum atomic E-state index is 5.14. The molecule has 0 saturated carbocycles. The molecule has 0 bridgehead atoms. The predicted molar refractivity (Wildman–Crippen MR) is 46.1 cm³/mol. The molecule has 0 aliphatic heterocycles. The van der Waals surface area contributed by atoms with Crippen LogP contribution < -0.4 is 5.73 Å². The van der Waals surface area contributed by atoms with E-state index in [9.17, 15) is 0 Å². The molecule has 0 aliphatic carbocycles. The maximum absolute atomic E-state index is 5.14. The second-order valence-electron chi connectivity index (χ2n) is 1.82. The van der Waals surface area contributed by atoms with Crippen LogP contribution in [-0.4, -0.2) is 11.5 Å². The van der Waals surface area contributed by atoms with Crippen molar-refractivity contribution in [2.24, 2.45) is 5.73 Å². The quantitative estimate of drug-likeness (QED) is 0.714. The molecule has 0 radical (unpaired) electrons. The van der Waals surface area contributed by atoms with E-state index in [0.717, 1.165) is 6.54 Å². The molecule has 0 atom stereocenters. The first-order valence-corrected chi connectivity index (χ1v) is 4.38. The summed E-state index contributed by atoms with van der Waals surface area (Å²) in [6, 6.07) is 0. The zero-order valence-corrected chi connectivity index (χ0v) is 7.10. The van der Waals surface area contributed by atoms with E-state index < -0.39 is 0 Å². The van der Waals surface area contributed by atoms with Crippen molar-refractivity contribution in [1.82, 2.24) is 4.98 Å². The first-order chi connectivity index (χ1) is 4.91. The zero-order valence-electron chi connectivity index (χ0n) is 6.29. The fraction of sp³-hybridized carbons (Fsp3) is 0.571. The molecule has 1 rings (SSSR count). The lowest BCUT2D eigenvalue weighted by molar-refractivity contribution is 0.807. The van der Waals surface area contributed by atoms with Crippen molar-refractivity contribution in [2.45, 2.75) is 19.8 Å². The first kappa shape index (κ1) is 9.59. The summed E-state index contributed by atoms with van der Waals surface area (Å²) in [5.74, 6) is 0. The standard InChI is InChI=1S/C4H11N.C3H3NS/c1-2-3-4-5;1-2-5-3-4-1/h2-5H2,1H3;1-3H. The molecule has 0 amide bonds. The molecule has 2 nitrogen and oxygen atoms in total. The van der Waals surface area contributed by atoms with E-state index in [1.165, 1.54) is 12.8 Å². The third kappa shape index (κ3) is 7.59. The second-order valence-corrected chi connectivity index (χ2v) is 2.57. The minimum atomic E-state index is 0.844. The van der Waals surface area contributed by atoms with Crippen LogP contribution in [0.4, 0.5) is 0 Å². The van der Waals surface area contributed by atoms with Crippen LogP contribution in [0.2, 0.25) is 0 Å². The average molecular weight is 158 g/mol. The highest BCUT2D eigenvalue weighted by molar-refractivity contribution is 7.07. The number of thiazole rings is 1. The zero-order chi connectivity index (χ0) is 7.66. The summed E-state index contributed by atoms with van der Waals surface area (Å²) in [5.41, 5.74) is 6.93. The van der Waals surface area contributed by atoms with Gasteiger partial charge in [-0.2, -0.15) is 0 Å². The minimum absolute atomic E-state index is 0.844. The maximum Gasteiger partial charge on any atom is 0.0791 e. The number of hydrogen-bond acceptors (Lipinski definition) is 3. The van der Waals surface area contributed by atoms with Crippen LogP contribution in [0.1, 0.15) is 19.8 Å². The third-order valence-electron chi connectivity index (χ3n) is 0.905. The molecule has 0 aliphatic rings. The molecule has 1 aromatic rings. The van der Waals surface area contributed by atoms with Crippen LogP contribution in [0.25, 0.3) is 0 Å². The Hall–Kier alpha value is -0.410. The van der Waals surface area contributed by atoms with Gasteiger partial charge in [-0.25, -0.2) is 0 Å². The van der Waals surface area contributed by atoms with Gasteiger partial charge in [-0.05, 0) is 13.0 Å². The number of aromatic nitrogens is 1. The topological polar surface area (TPSA) is 38.9 Å². The van der Waals surface area contributed by atoms with E-state index in [1.807, 2.05) is 5.38 Å². The van der Waals surface area contributed by atoms with Crippen LogP contribution in [0.15, 0.2) is 17.1 Å². The fourth-order valence-corrected chi connectivity index (χ4v) is 0.731. The molecule has 0 fully saturated rings. The molecule has 0 unspecified atom stereocenters. The van der Waals surface area contributed by atoms with Gasteiger partial charge in [-0.1, -0.05) is 13.3 Å². The van der Waals surface area contributed by atoms with Crippen molar-refractivity contribution in [3.8, 4) is 0 Å². The van der Waals surface area contributed by atoms with Crippen molar-refractivity contribution < 1.29 is 0 Å². The van der Waals surface area contributed by atoms with Crippen molar-refractivity contribution in [1.29, 1.82) is 0 Å². The van der Waals surface area contributed by atoms with E-state index in [0.29, 0.717) is 0 Å². The fourth-order valence-electron chi connectivity index (χ4n) is 0.380. The Morgan fingerprint density at radius 1 is 1.60 bits per heavy atom. The molecule has 0 spiro atoms. The van der Waals surface area contributed by atoms with Crippen LogP contribution in [0.5, 0.6) is 0 Å². The number of rotatable bonds is 2. The van der Waals surface area contributed by atoms with Gasteiger partial charge >= 0.3 is 0 Å². The van der Waals surface area contributed by atoms with Gasteiger partial charge in [0.05, 0.1) is 5.51 Å². The summed E-state index contributed by atoms with van der Waals surface area (Å²) in [4.78, 5) is 3.74. The van der Waals surface area contributed by atoms with E-state index in [2.05, 4.69) is 11.9 Å². The van der Waals surface area contributed by atoms with E-state index in [4.69, 9.17) is 5.73 Å². The van der Waals surface area contributed by atoms with E-state index in [1.54, 1.807) is 23.0 Å². The molecule has 1 aromatic heterocycles. The molecule has 1 heterocycles. The number of nitrogens with zero attached hydrogens (tertiary/aromatic N) is 1. The van der Waals surface area contributed by atoms with Gasteiger partial charge in [0.2, 0.25) is 0 Å². The Morgan fingerprint density at radius 3 is 2.50 bits per heavy atom. The molecular formula is C7H14N2S. The lowest BCUT2D eigenvalue weighted by Crippen LogP contribution is -1.95. The Kier molecular flexibility index (Phi) is 8.24. The number of hydrogen-bond donors (Lipinski definition) is 1. The van der Waals surface area contributed by atoms with Gasteiger partial charge in [0.25, 0.3) is 0 Å². The SMILES string of the molecule is CCCCN.c1cscn1. The third-order valence-corrected chi connectivity index (χ3v) is 1.43. The van der Waals surface area contributed by atoms with Gasteiger partial charge < -0.3 is 5.73 Å². The highest BCUT2D eigenvalue weighted by Gasteiger charge is 1.67. The molecule has 3 heteroatoms. The van der Waals surface area contributed by atoms with Gasteiger partial charge in [0, 0.05) is 11.6 Å². The number of unbranched alkanes of at least 4 members (excludes halogenated alkanes) is 1. The lowest BCUT2D eigenvalue weighted by atomic mass is 10.3. The van der Waals surface area contributed by atoms with Crippen molar-refractivity contribution in [3.05, 3.63) is 17.1 Å². The Balaban J connectivity index is 0.000000162. The second kappa shape index (κ2) is 8.59.